The second kappa shape index (κ2) is 6.01. The molecule has 1 unspecified atom stereocenters. The Bertz CT molecular complexity index is 622. The number of aromatic nitrogens is 3. The van der Waals surface area contributed by atoms with Gasteiger partial charge in [-0.2, -0.15) is 5.10 Å². The standard InChI is InChI=1S/C14H16FN5O/c15-11-7-10(4-5-13(11)20-9-16-8-18-20)19-14(21)12-3-1-2-6-17-12/h4-5,7-9,12,17H,1-3,6H2,(H,19,21). The molecule has 2 N–H and O–H groups in total. The summed E-state index contributed by atoms with van der Waals surface area (Å²) in [7, 11) is 0. The van der Waals surface area contributed by atoms with Crippen molar-refractivity contribution in [1.29, 1.82) is 0 Å². The molecule has 1 saturated heterocycles. The van der Waals surface area contributed by atoms with Gasteiger partial charge in [-0.15, -0.1) is 0 Å². The zero-order chi connectivity index (χ0) is 14.7. The van der Waals surface area contributed by atoms with Crippen molar-refractivity contribution in [1.82, 2.24) is 20.1 Å². The number of hydrogen-bond acceptors (Lipinski definition) is 4. The van der Waals surface area contributed by atoms with Crippen molar-refractivity contribution >= 4 is 11.6 Å². The van der Waals surface area contributed by atoms with E-state index in [1.54, 1.807) is 12.1 Å². The van der Waals surface area contributed by atoms with Crippen LogP contribution in [0, 0.1) is 5.82 Å². The van der Waals surface area contributed by atoms with Crippen molar-refractivity contribution in [3.63, 3.8) is 0 Å². The third-order valence-electron chi connectivity index (χ3n) is 3.51. The summed E-state index contributed by atoms with van der Waals surface area (Å²) in [6.45, 7) is 0.845. The highest BCUT2D eigenvalue weighted by Gasteiger charge is 2.20. The Balaban J connectivity index is 1.72. The number of piperidine rings is 1. The second-order valence-electron chi connectivity index (χ2n) is 5.00. The Morgan fingerprint density at radius 3 is 3.00 bits per heavy atom. The Kier molecular flexibility index (Phi) is 3.92. The van der Waals surface area contributed by atoms with Gasteiger partial charge in [-0.25, -0.2) is 14.1 Å². The maximum atomic E-state index is 14.1. The van der Waals surface area contributed by atoms with E-state index in [1.165, 1.54) is 23.4 Å². The molecule has 0 saturated carbocycles. The largest absolute Gasteiger partial charge is 0.325 e. The Labute approximate surface area is 121 Å². The van der Waals surface area contributed by atoms with E-state index in [2.05, 4.69) is 20.7 Å². The van der Waals surface area contributed by atoms with E-state index in [4.69, 9.17) is 0 Å². The fourth-order valence-electron chi connectivity index (χ4n) is 2.41. The van der Waals surface area contributed by atoms with Crippen LogP contribution in [0.15, 0.2) is 30.9 Å². The maximum Gasteiger partial charge on any atom is 0.241 e. The van der Waals surface area contributed by atoms with E-state index in [9.17, 15) is 9.18 Å². The van der Waals surface area contributed by atoms with Gasteiger partial charge in [0.1, 0.15) is 18.3 Å². The summed E-state index contributed by atoms with van der Waals surface area (Å²) in [5, 5.41) is 9.78. The minimum atomic E-state index is -0.463. The third-order valence-corrected chi connectivity index (χ3v) is 3.51. The van der Waals surface area contributed by atoms with Crippen LogP contribution in [0.3, 0.4) is 0 Å². The fourth-order valence-corrected chi connectivity index (χ4v) is 2.41. The molecule has 0 spiro atoms. The van der Waals surface area contributed by atoms with Gasteiger partial charge in [0.05, 0.1) is 6.04 Å². The lowest BCUT2D eigenvalue weighted by Crippen LogP contribution is -2.43. The molecule has 6 nitrogen and oxygen atoms in total. The molecule has 1 amide bonds. The molecule has 0 radical (unpaired) electrons. The number of nitrogens with zero attached hydrogens (tertiary/aromatic N) is 3. The first kappa shape index (κ1) is 13.7. The summed E-state index contributed by atoms with van der Waals surface area (Å²) >= 11 is 0. The van der Waals surface area contributed by atoms with Crippen molar-refractivity contribution < 1.29 is 9.18 Å². The quantitative estimate of drug-likeness (QED) is 0.898. The van der Waals surface area contributed by atoms with Gasteiger partial charge in [0.15, 0.2) is 5.82 Å². The SMILES string of the molecule is O=C(Nc1ccc(-n2cncn2)c(F)c1)C1CCCCN1. The highest BCUT2D eigenvalue weighted by atomic mass is 19.1. The molecule has 2 aromatic rings. The lowest BCUT2D eigenvalue weighted by Gasteiger charge is -2.22. The maximum absolute atomic E-state index is 14.1. The number of amides is 1. The zero-order valence-corrected chi connectivity index (χ0v) is 11.4. The van der Waals surface area contributed by atoms with Gasteiger partial charge in [-0.3, -0.25) is 4.79 Å². The summed E-state index contributed by atoms with van der Waals surface area (Å²) < 4.78 is 15.4. The molecule has 110 valence electrons. The summed E-state index contributed by atoms with van der Waals surface area (Å²) in [5.74, 6) is -0.586. The van der Waals surface area contributed by atoms with Crippen LogP contribution in [-0.2, 0) is 4.79 Å². The summed E-state index contributed by atoms with van der Waals surface area (Å²) in [5.41, 5.74) is 0.732. The molecule has 21 heavy (non-hydrogen) atoms. The van der Waals surface area contributed by atoms with Gasteiger partial charge in [0.2, 0.25) is 5.91 Å². The van der Waals surface area contributed by atoms with Crippen molar-refractivity contribution in [2.45, 2.75) is 25.3 Å². The van der Waals surface area contributed by atoms with Crippen LogP contribution in [0.1, 0.15) is 19.3 Å². The van der Waals surface area contributed by atoms with Gasteiger partial charge >= 0.3 is 0 Å². The van der Waals surface area contributed by atoms with E-state index in [1.807, 2.05) is 0 Å². The lowest BCUT2D eigenvalue weighted by atomic mass is 10.0. The van der Waals surface area contributed by atoms with E-state index in [0.29, 0.717) is 11.4 Å². The molecular weight excluding hydrogens is 273 g/mol. The first-order valence-corrected chi connectivity index (χ1v) is 6.93. The Morgan fingerprint density at radius 2 is 2.33 bits per heavy atom. The minimum Gasteiger partial charge on any atom is -0.325 e. The summed E-state index contributed by atoms with van der Waals surface area (Å²) in [6, 6.07) is 4.31. The van der Waals surface area contributed by atoms with Crippen LogP contribution in [0.25, 0.3) is 5.69 Å². The van der Waals surface area contributed by atoms with E-state index < -0.39 is 5.82 Å². The lowest BCUT2D eigenvalue weighted by molar-refractivity contribution is -0.118. The number of nitrogens with one attached hydrogen (secondary N) is 2. The second-order valence-corrected chi connectivity index (χ2v) is 5.00. The molecule has 3 rings (SSSR count). The van der Waals surface area contributed by atoms with Crippen molar-refractivity contribution in [2.75, 3.05) is 11.9 Å². The number of carbonyl (C=O) groups excluding carboxylic acids is 1. The van der Waals surface area contributed by atoms with Crippen molar-refractivity contribution in [3.8, 4) is 5.69 Å². The van der Waals surface area contributed by atoms with E-state index in [-0.39, 0.29) is 11.9 Å². The highest BCUT2D eigenvalue weighted by Crippen LogP contribution is 2.18. The Hall–Kier alpha value is -2.28. The summed E-state index contributed by atoms with van der Waals surface area (Å²) in [6.07, 6.45) is 5.69. The van der Waals surface area contributed by atoms with Crippen molar-refractivity contribution in [2.24, 2.45) is 0 Å². The van der Waals surface area contributed by atoms with Crippen LogP contribution in [0.2, 0.25) is 0 Å². The average Bonchev–Trinajstić information content (AvgIpc) is 3.02. The number of halogens is 1. The number of hydrogen-bond donors (Lipinski definition) is 2. The fraction of sp³-hybridized carbons (Fsp3) is 0.357. The molecule has 1 fully saturated rings. The molecule has 1 atom stereocenters. The van der Waals surface area contributed by atoms with Gasteiger partial charge in [0, 0.05) is 5.69 Å². The van der Waals surface area contributed by atoms with Crippen LogP contribution < -0.4 is 10.6 Å². The molecular formula is C14H16FN5O. The van der Waals surface area contributed by atoms with Crippen LogP contribution in [0.5, 0.6) is 0 Å². The molecule has 1 aliphatic rings. The predicted molar refractivity (Wildman–Crippen MR) is 75.6 cm³/mol. The Morgan fingerprint density at radius 1 is 1.43 bits per heavy atom. The average molecular weight is 289 g/mol. The zero-order valence-electron chi connectivity index (χ0n) is 11.4. The molecule has 1 aliphatic heterocycles. The predicted octanol–water partition coefficient (Wildman–Crippen LogP) is 1.49. The normalized spacial score (nSPS) is 18.4. The monoisotopic (exact) mass is 289 g/mol. The van der Waals surface area contributed by atoms with Crippen LogP contribution >= 0.6 is 0 Å². The van der Waals surface area contributed by atoms with Crippen LogP contribution in [-0.4, -0.2) is 33.3 Å². The van der Waals surface area contributed by atoms with Gasteiger partial charge in [0.25, 0.3) is 0 Å². The highest BCUT2D eigenvalue weighted by molar-refractivity contribution is 5.94. The number of benzene rings is 1. The molecule has 0 aliphatic carbocycles. The smallest absolute Gasteiger partial charge is 0.241 e. The first-order chi connectivity index (χ1) is 10.2. The first-order valence-electron chi connectivity index (χ1n) is 6.93. The van der Waals surface area contributed by atoms with Gasteiger partial charge in [-0.05, 0) is 37.6 Å². The van der Waals surface area contributed by atoms with Gasteiger partial charge in [-0.1, -0.05) is 6.42 Å². The third kappa shape index (κ3) is 3.08. The number of anilines is 1. The number of rotatable bonds is 3. The molecule has 1 aromatic carbocycles. The number of carbonyl (C=O) groups is 1. The topological polar surface area (TPSA) is 71.8 Å². The molecule has 0 bridgehead atoms. The molecule has 1 aromatic heterocycles. The minimum absolute atomic E-state index is 0.123. The van der Waals surface area contributed by atoms with Gasteiger partial charge < -0.3 is 10.6 Å². The van der Waals surface area contributed by atoms with Crippen LogP contribution in [0.4, 0.5) is 10.1 Å². The van der Waals surface area contributed by atoms with E-state index >= 15 is 0 Å². The summed E-state index contributed by atoms with van der Waals surface area (Å²) in [4.78, 5) is 15.8. The van der Waals surface area contributed by atoms with Crippen molar-refractivity contribution in [3.05, 3.63) is 36.7 Å². The molecule has 2 heterocycles. The van der Waals surface area contributed by atoms with E-state index in [0.717, 1.165) is 25.8 Å². The molecule has 7 heteroatoms.